The Morgan fingerprint density at radius 3 is 2.62 bits per heavy atom. The van der Waals surface area contributed by atoms with Gasteiger partial charge < -0.3 is 4.57 Å². The van der Waals surface area contributed by atoms with E-state index in [4.69, 9.17) is 5.26 Å². The maximum absolute atomic E-state index is 12.1. The Morgan fingerprint density at radius 2 is 2.05 bits per heavy atom. The minimum atomic E-state index is -3.55. The number of nitriles is 1. The van der Waals surface area contributed by atoms with E-state index in [2.05, 4.69) is 14.9 Å². The number of hydrogen-bond donors (Lipinski definition) is 1. The van der Waals surface area contributed by atoms with Crippen molar-refractivity contribution in [3.63, 3.8) is 0 Å². The Bertz CT molecular complexity index is 744. The molecule has 0 aliphatic rings. The van der Waals surface area contributed by atoms with Gasteiger partial charge in [-0.3, -0.25) is 0 Å². The van der Waals surface area contributed by atoms with Gasteiger partial charge in [0.25, 0.3) is 0 Å². The van der Waals surface area contributed by atoms with E-state index in [1.807, 2.05) is 6.07 Å². The van der Waals surface area contributed by atoms with Crippen LogP contribution in [0.15, 0.2) is 35.5 Å². The van der Waals surface area contributed by atoms with Crippen LogP contribution in [0.4, 0.5) is 0 Å². The second kappa shape index (κ2) is 6.47. The molecule has 0 amide bonds. The minimum absolute atomic E-state index is 0.183. The van der Waals surface area contributed by atoms with Crippen LogP contribution >= 0.6 is 0 Å². The largest absolute Gasteiger partial charge is 0.321 e. The van der Waals surface area contributed by atoms with Crippen molar-refractivity contribution < 1.29 is 8.42 Å². The van der Waals surface area contributed by atoms with Gasteiger partial charge in [0.15, 0.2) is 0 Å². The molecule has 0 radical (unpaired) electrons. The molecule has 2 rings (SSSR count). The van der Waals surface area contributed by atoms with E-state index in [-0.39, 0.29) is 17.9 Å². The number of nitrogens with one attached hydrogen (secondary N) is 1. The van der Waals surface area contributed by atoms with Crippen LogP contribution in [-0.2, 0) is 29.9 Å². The Hall–Kier alpha value is -2.24. The maximum Gasteiger partial charge on any atom is 0.240 e. The number of benzene rings is 1. The lowest BCUT2D eigenvalue weighted by Crippen LogP contribution is -2.26. The molecular weight excluding hydrogens is 290 g/mol. The molecule has 0 fully saturated rings. The second-order valence-electron chi connectivity index (χ2n) is 4.48. The van der Waals surface area contributed by atoms with Crippen LogP contribution in [0.2, 0.25) is 0 Å². The summed E-state index contributed by atoms with van der Waals surface area (Å²) in [5, 5.41) is 16.2. The van der Waals surface area contributed by atoms with E-state index in [1.54, 1.807) is 30.1 Å². The maximum atomic E-state index is 12.1. The summed E-state index contributed by atoms with van der Waals surface area (Å²) in [7, 11) is -1.75. The van der Waals surface area contributed by atoms with Gasteiger partial charge >= 0.3 is 0 Å². The molecule has 0 aliphatic heterocycles. The fourth-order valence-corrected chi connectivity index (χ4v) is 2.82. The number of nitrogens with zero attached hydrogens (tertiary/aromatic N) is 4. The average Bonchev–Trinajstić information content (AvgIpc) is 2.85. The zero-order valence-electron chi connectivity index (χ0n) is 11.5. The second-order valence-corrected chi connectivity index (χ2v) is 6.25. The highest BCUT2D eigenvalue weighted by Crippen LogP contribution is 2.10. The first-order chi connectivity index (χ1) is 10.0. The smallest absolute Gasteiger partial charge is 0.240 e. The van der Waals surface area contributed by atoms with Crippen molar-refractivity contribution in [2.24, 2.45) is 7.05 Å². The average molecular weight is 305 g/mol. The minimum Gasteiger partial charge on any atom is -0.321 e. The van der Waals surface area contributed by atoms with Crippen LogP contribution in [0.1, 0.15) is 11.4 Å². The molecule has 0 unspecified atom stereocenters. The van der Waals surface area contributed by atoms with Crippen molar-refractivity contribution in [2.75, 3.05) is 6.54 Å². The van der Waals surface area contributed by atoms with E-state index in [9.17, 15) is 8.42 Å². The van der Waals surface area contributed by atoms with E-state index in [0.717, 1.165) is 5.56 Å². The van der Waals surface area contributed by atoms with E-state index in [1.165, 1.54) is 12.1 Å². The quantitative estimate of drug-likeness (QED) is 0.832. The monoisotopic (exact) mass is 305 g/mol. The first kappa shape index (κ1) is 15.2. The predicted octanol–water partition coefficient (Wildman–Crippen LogP) is 0.402. The molecule has 7 nitrogen and oxygen atoms in total. The van der Waals surface area contributed by atoms with Gasteiger partial charge in [-0.2, -0.15) is 5.26 Å². The van der Waals surface area contributed by atoms with Gasteiger partial charge in [-0.25, -0.2) is 13.1 Å². The third-order valence-electron chi connectivity index (χ3n) is 2.96. The van der Waals surface area contributed by atoms with Crippen LogP contribution in [-0.4, -0.2) is 29.7 Å². The topological polar surface area (TPSA) is 101 Å². The van der Waals surface area contributed by atoms with Crippen LogP contribution < -0.4 is 4.72 Å². The standard InChI is InChI=1S/C13H15N5O2S/c1-18-10-15-17-13(18)7-9-16-21(19,20)12-4-2-11(3-5-12)6-8-14/h2-5,10,16H,6-7,9H2,1H3. The Labute approximate surface area is 123 Å². The van der Waals surface area contributed by atoms with Crippen LogP contribution in [0.25, 0.3) is 0 Å². The summed E-state index contributed by atoms with van der Waals surface area (Å²) in [6.45, 7) is 0.245. The van der Waals surface area contributed by atoms with Crippen molar-refractivity contribution in [3.8, 4) is 6.07 Å². The van der Waals surface area contributed by atoms with Crippen molar-refractivity contribution in [1.29, 1.82) is 5.26 Å². The van der Waals surface area contributed by atoms with Crippen molar-refractivity contribution in [2.45, 2.75) is 17.7 Å². The Morgan fingerprint density at radius 1 is 1.33 bits per heavy atom. The summed E-state index contributed by atoms with van der Waals surface area (Å²) in [6.07, 6.45) is 2.29. The van der Waals surface area contributed by atoms with Gasteiger partial charge in [-0.05, 0) is 17.7 Å². The first-order valence-electron chi connectivity index (χ1n) is 6.31. The lowest BCUT2D eigenvalue weighted by Gasteiger charge is -2.07. The zero-order chi connectivity index (χ0) is 15.3. The Balaban J connectivity index is 1.98. The van der Waals surface area contributed by atoms with Crippen LogP contribution in [0.3, 0.4) is 0 Å². The molecule has 0 aliphatic carbocycles. The molecule has 8 heteroatoms. The fraction of sp³-hybridized carbons (Fsp3) is 0.308. The molecule has 0 saturated heterocycles. The van der Waals surface area contributed by atoms with Crippen molar-refractivity contribution >= 4 is 10.0 Å². The van der Waals surface area contributed by atoms with Gasteiger partial charge in [-0.1, -0.05) is 12.1 Å². The summed E-state index contributed by atoms with van der Waals surface area (Å²) in [4.78, 5) is 0.183. The summed E-state index contributed by atoms with van der Waals surface area (Å²) < 4.78 is 28.5. The molecule has 1 heterocycles. The summed E-state index contributed by atoms with van der Waals surface area (Å²) in [5.74, 6) is 0.710. The van der Waals surface area contributed by atoms with Gasteiger partial charge in [0.05, 0.1) is 17.4 Å². The molecule has 0 bridgehead atoms. The fourth-order valence-electron chi connectivity index (χ4n) is 1.79. The molecular formula is C13H15N5O2S. The summed E-state index contributed by atoms with van der Waals surface area (Å²) >= 11 is 0. The highest BCUT2D eigenvalue weighted by atomic mass is 32.2. The molecule has 0 spiro atoms. The van der Waals surface area contributed by atoms with E-state index < -0.39 is 10.0 Å². The van der Waals surface area contributed by atoms with E-state index >= 15 is 0 Å². The summed E-state index contributed by atoms with van der Waals surface area (Å²) in [6, 6.07) is 8.29. The lowest BCUT2D eigenvalue weighted by molar-refractivity contribution is 0.580. The number of aromatic nitrogens is 3. The molecule has 0 saturated carbocycles. The normalized spacial score (nSPS) is 11.2. The molecule has 1 aromatic carbocycles. The van der Waals surface area contributed by atoms with Gasteiger partial charge in [0.2, 0.25) is 10.0 Å². The molecule has 21 heavy (non-hydrogen) atoms. The SMILES string of the molecule is Cn1cnnc1CCNS(=O)(=O)c1ccc(CC#N)cc1. The summed E-state index contributed by atoms with van der Waals surface area (Å²) in [5.41, 5.74) is 0.788. The van der Waals surface area contributed by atoms with Gasteiger partial charge in [0.1, 0.15) is 12.2 Å². The number of hydrogen-bond acceptors (Lipinski definition) is 5. The van der Waals surface area contributed by atoms with Gasteiger partial charge in [0, 0.05) is 20.0 Å². The molecule has 0 atom stereocenters. The number of rotatable bonds is 6. The molecule has 1 aromatic heterocycles. The highest BCUT2D eigenvalue weighted by molar-refractivity contribution is 7.89. The number of sulfonamides is 1. The Kier molecular flexibility index (Phi) is 4.67. The molecule has 1 N–H and O–H groups in total. The zero-order valence-corrected chi connectivity index (χ0v) is 12.3. The predicted molar refractivity (Wildman–Crippen MR) is 75.7 cm³/mol. The lowest BCUT2D eigenvalue weighted by atomic mass is 10.2. The number of aryl methyl sites for hydroxylation is 1. The molecule has 110 valence electrons. The van der Waals surface area contributed by atoms with Gasteiger partial charge in [-0.15, -0.1) is 10.2 Å². The van der Waals surface area contributed by atoms with E-state index in [0.29, 0.717) is 12.2 Å². The highest BCUT2D eigenvalue weighted by Gasteiger charge is 2.13. The van der Waals surface area contributed by atoms with Crippen LogP contribution in [0.5, 0.6) is 0 Å². The third-order valence-corrected chi connectivity index (χ3v) is 4.44. The van der Waals surface area contributed by atoms with Crippen LogP contribution in [0, 0.1) is 11.3 Å². The molecule has 2 aromatic rings. The van der Waals surface area contributed by atoms with Crippen molar-refractivity contribution in [3.05, 3.63) is 42.0 Å². The third kappa shape index (κ3) is 3.87. The first-order valence-corrected chi connectivity index (χ1v) is 7.79. The van der Waals surface area contributed by atoms with Crippen molar-refractivity contribution in [1.82, 2.24) is 19.5 Å².